The second-order valence-corrected chi connectivity index (χ2v) is 6.81. The highest BCUT2D eigenvalue weighted by Crippen LogP contribution is 2.30. The molecule has 9 nitrogen and oxygen atoms in total. The summed E-state index contributed by atoms with van der Waals surface area (Å²) in [5, 5.41) is 4.69. The molecule has 0 saturated carbocycles. The van der Waals surface area contributed by atoms with Gasteiger partial charge in [-0.05, 0) is 42.5 Å². The molecule has 0 aliphatic carbocycles. The molecule has 0 saturated heterocycles. The number of benzene rings is 2. The number of anilines is 2. The Morgan fingerprint density at radius 2 is 1.76 bits per heavy atom. The summed E-state index contributed by atoms with van der Waals surface area (Å²) in [6.45, 7) is -0.477. The molecule has 3 N–H and O–H groups in total. The van der Waals surface area contributed by atoms with Crippen LogP contribution in [-0.2, 0) is 18.0 Å². The minimum Gasteiger partial charge on any atom is -0.484 e. The second-order valence-electron chi connectivity index (χ2n) is 6.81. The third kappa shape index (κ3) is 6.09. The zero-order valence-corrected chi connectivity index (χ0v) is 17.0. The molecule has 2 aromatic carbocycles. The molecule has 1 heterocycles. The number of rotatable bonds is 6. The topological polar surface area (TPSA) is 122 Å². The number of ether oxygens (including phenoxy) is 1. The summed E-state index contributed by atoms with van der Waals surface area (Å²) >= 11 is 0. The third-order valence-electron chi connectivity index (χ3n) is 4.32. The van der Waals surface area contributed by atoms with Gasteiger partial charge in [0.2, 0.25) is 0 Å². The Balaban J connectivity index is 1.57. The normalized spacial score (nSPS) is 11.0. The molecule has 3 rings (SSSR count). The predicted octanol–water partition coefficient (Wildman–Crippen LogP) is 2.36. The van der Waals surface area contributed by atoms with Gasteiger partial charge in [0, 0.05) is 24.5 Å². The number of carbonyl (C=O) groups is 2. The number of aromatic amines is 1. The van der Waals surface area contributed by atoms with Crippen LogP contribution in [0.3, 0.4) is 0 Å². The van der Waals surface area contributed by atoms with E-state index in [1.54, 1.807) is 0 Å². The third-order valence-corrected chi connectivity index (χ3v) is 4.32. The smallest absolute Gasteiger partial charge is 0.416 e. The lowest BCUT2D eigenvalue weighted by molar-refractivity contribution is -0.137. The molecule has 0 aliphatic rings. The summed E-state index contributed by atoms with van der Waals surface area (Å²) in [6, 6.07) is 9.74. The van der Waals surface area contributed by atoms with E-state index in [4.69, 9.17) is 4.74 Å². The first-order valence-corrected chi connectivity index (χ1v) is 9.34. The van der Waals surface area contributed by atoms with Crippen LogP contribution in [-0.4, -0.2) is 28.0 Å². The number of halogens is 3. The summed E-state index contributed by atoms with van der Waals surface area (Å²) in [5.41, 5.74) is -2.25. The zero-order valence-electron chi connectivity index (χ0n) is 17.0. The summed E-state index contributed by atoms with van der Waals surface area (Å²) in [6.07, 6.45) is -3.35. The van der Waals surface area contributed by atoms with Crippen molar-refractivity contribution in [3.63, 3.8) is 0 Å². The molecule has 33 heavy (non-hydrogen) atoms. The van der Waals surface area contributed by atoms with Crippen molar-refractivity contribution >= 4 is 23.2 Å². The van der Waals surface area contributed by atoms with Gasteiger partial charge in [-0.15, -0.1) is 0 Å². The number of hydrogen-bond donors (Lipinski definition) is 3. The average molecular weight is 462 g/mol. The number of alkyl halides is 3. The fourth-order valence-corrected chi connectivity index (χ4v) is 2.67. The summed E-state index contributed by atoms with van der Waals surface area (Å²) in [5.74, 6) is -1.07. The van der Waals surface area contributed by atoms with Crippen LogP contribution in [0.2, 0.25) is 0 Å². The molecule has 0 unspecified atom stereocenters. The van der Waals surface area contributed by atoms with Crippen molar-refractivity contribution in [2.45, 2.75) is 6.18 Å². The van der Waals surface area contributed by atoms with Crippen LogP contribution in [0.1, 0.15) is 15.9 Å². The highest BCUT2D eigenvalue weighted by Gasteiger charge is 2.30. The van der Waals surface area contributed by atoms with Gasteiger partial charge in [-0.2, -0.15) is 13.2 Å². The van der Waals surface area contributed by atoms with Crippen molar-refractivity contribution in [2.75, 3.05) is 17.2 Å². The fourth-order valence-electron chi connectivity index (χ4n) is 2.67. The van der Waals surface area contributed by atoms with Crippen LogP contribution >= 0.6 is 0 Å². The molecule has 1 aromatic heterocycles. The average Bonchev–Trinajstić information content (AvgIpc) is 2.76. The summed E-state index contributed by atoms with van der Waals surface area (Å²) in [4.78, 5) is 49.4. The molecule has 3 aromatic rings. The van der Waals surface area contributed by atoms with Crippen LogP contribution in [0.4, 0.5) is 24.5 Å². The van der Waals surface area contributed by atoms with E-state index in [2.05, 4.69) is 15.6 Å². The molecule has 2 amide bonds. The van der Waals surface area contributed by atoms with Gasteiger partial charge in [0.25, 0.3) is 17.4 Å². The monoisotopic (exact) mass is 462 g/mol. The Hall–Kier alpha value is -4.35. The Bertz CT molecular complexity index is 1300. The Labute approximate surface area is 183 Å². The van der Waals surface area contributed by atoms with E-state index in [0.717, 1.165) is 16.7 Å². The molecular formula is C21H17F3N4O5. The van der Waals surface area contributed by atoms with Gasteiger partial charge in [0.15, 0.2) is 6.61 Å². The standard InChI is InChI=1S/C21H17F3N4O5/c1-28-10-16(19(31)27-20(28)32)26-18(30)12-5-7-15(8-6-12)33-11-17(29)25-14-4-2-3-13(9-14)21(22,23)24/h2-10H,11H2,1H3,(H,25,29)(H,26,30)(H,27,31,32). The van der Waals surface area contributed by atoms with Gasteiger partial charge in [0.05, 0.1) is 5.56 Å². The van der Waals surface area contributed by atoms with Crippen LogP contribution in [0.25, 0.3) is 0 Å². The molecule has 0 spiro atoms. The van der Waals surface area contributed by atoms with E-state index >= 15 is 0 Å². The number of aromatic nitrogens is 2. The van der Waals surface area contributed by atoms with E-state index in [1.165, 1.54) is 49.6 Å². The van der Waals surface area contributed by atoms with Crippen LogP contribution in [0, 0.1) is 0 Å². The van der Waals surface area contributed by atoms with Crippen LogP contribution in [0.15, 0.2) is 64.3 Å². The molecule has 172 valence electrons. The van der Waals surface area contributed by atoms with Gasteiger partial charge >= 0.3 is 11.9 Å². The SMILES string of the molecule is Cn1cc(NC(=O)c2ccc(OCC(=O)Nc3cccc(C(F)(F)F)c3)cc2)c(=O)[nH]c1=O. The van der Waals surface area contributed by atoms with Gasteiger partial charge in [-0.25, -0.2) is 4.79 Å². The lowest BCUT2D eigenvalue weighted by Gasteiger charge is -2.11. The summed E-state index contributed by atoms with van der Waals surface area (Å²) < 4.78 is 44.6. The molecule has 12 heteroatoms. The van der Waals surface area contributed by atoms with Crippen LogP contribution < -0.4 is 26.6 Å². The van der Waals surface area contributed by atoms with Crippen molar-refractivity contribution in [2.24, 2.45) is 7.05 Å². The number of nitrogens with zero attached hydrogens (tertiary/aromatic N) is 1. The predicted molar refractivity (Wildman–Crippen MR) is 112 cm³/mol. The first kappa shape index (κ1) is 23.3. The Morgan fingerprint density at radius 1 is 1.06 bits per heavy atom. The molecule has 0 bridgehead atoms. The minimum atomic E-state index is -4.53. The lowest BCUT2D eigenvalue weighted by atomic mass is 10.2. The Morgan fingerprint density at radius 3 is 2.42 bits per heavy atom. The van der Waals surface area contributed by atoms with Gasteiger partial charge in [0.1, 0.15) is 11.4 Å². The number of nitrogens with one attached hydrogen (secondary N) is 3. The van der Waals surface area contributed by atoms with E-state index < -0.39 is 41.4 Å². The number of H-pyrrole nitrogens is 1. The van der Waals surface area contributed by atoms with Crippen molar-refractivity contribution in [1.82, 2.24) is 9.55 Å². The number of hydrogen-bond acceptors (Lipinski definition) is 5. The largest absolute Gasteiger partial charge is 0.484 e. The molecule has 0 aliphatic heterocycles. The number of carbonyl (C=O) groups excluding carboxylic acids is 2. The van der Waals surface area contributed by atoms with Crippen molar-refractivity contribution in [3.05, 3.63) is 86.7 Å². The van der Waals surface area contributed by atoms with Crippen molar-refractivity contribution in [3.8, 4) is 5.75 Å². The molecule has 0 atom stereocenters. The maximum Gasteiger partial charge on any atom is 0.416 e. The fraction of sp³-hybridized carbons (Fsp3) is 0.143. The van der Waals surface area contributed by atoms with Gasteiger partial charge in [-0.3, -0.25) is 19.4 Å². The van der Waals surface area contributed by atoms with E-state index in [-0.39, 0.29) is 22.7 Å². The summed E-state index contributed by atoms with van der Waals surface area (Å²) in [7, 11) is 1.41. The first-order chi connectivity index (χ1) is 15.5. The molecular weight excluding hydrogens is 445 g/mol. The van der Waals surface area contributed by atoms with Crippen molar-refractivity contribution in [1.29, 1.82) is 0 Å². The number of amides is 2. The zero-order chi connectivity index (χ0) is 24.2. The maximum atomic E-state index is 12.7. The van der Waals surface area contributed by atoms with E-state index in [0.29, 0.717) is 0 Å². The lowest BCUT2D eigenvalue weighted by Crippen LogP contribution is -2.30. The van der Waals surface area contributed by atoms with E-state index in [9.17, 15) is 32.3 Å². The minimum absolute atomic E-state index is 0.0288. The molecule has 0 fully saturated rings. The highest BCUT2D eigenvalue weighted by molar-refractivity contribution is 6.04. The Kier molecular flexibility index (Phi) is 6.66. The van der Waals surface area contributed by atoms with Crippen LogP contribution in [0.5, 0.6) is 5.75 Å². The second kappa shape index (κ2) is 9.42. The first-order valence-electron chi connectivity index (χ1n) is 9.34. The highest BCUT2D eigenvalue weighted by atomic mass is 19.4. The van der Waals surface area contributed by atoms with E-state index in [1.807, 2.05) is 0 Å². The quantitative estimate of drug-likeness (QED) is 0.519. The van der Waals surface area contributed by atoms with Gasteiger partial charge < -0.3 is 19.9 Å². The van der Waals surface area contributed by atoms with Crippen molar-refractivity contribution < 1.29 is 27.5 Å². The number of aryl methyl sites for hydroxylation is 1. The molecule has 0 radical (unpaired) electrons. The maximum absolute atomic E-state index is 12.7. The van der Waals surface area contributed by atoms with Gasteiger partial charge in [-0.1, -0.05) is 6.07 Å².